The van der Waals surface area contributed by atoms with Gasteiger partial charge >= 0.3 is 0 Å². The van der Waals surface area contributed by atoms with E-state index in [-0.39, 0.29) is 6.29 Å². The maximum Gasteiger partial charge on any atom is 0.190 e. The SMILES string of the molecule is CCCCCCCC[P+](CCCCCCCC)(CCCCCCCC)CC(OC)OCC. The summed E-state index contributed by atoms with van der Waals surface area (Å²) in [5, 5.41) is 0. The molecule has 0 radical (unpaired) electrons. The molecule has 0 aliphatic carbocycles. The Kier molecular flexibility index (Phi) is 24.7. The zero-order chi connectivity index (χ0) is 23.8. The minimum Gasteiger partial charge on any atom is -0.352 e. The molecule has 0 aliphatic heterocycles. The van der Waals surface area contributed by atoms with E-state index >= 15 is 0 Å². The molecule has 3 heteroatoms. The van der Waals surface area contributed by atoms with E-state index in [1.54, 1.807) is 0 Å². The van der Waals surface area contributed by atoms with Gasteiger partial charge in [0.15, 0.2) is 6.29 Å². The Bertz CT molecular complexity index is 320. The van der Waals surface area contributed by atoms with Crippen LogP contribution in [0.5, 0.6) is 0 Å². The third-order valence-electron chi connectivity index (χ3n) is 7.11. The van der Waals surface area contributed by atoms with E-state index in [1.807, 2.05) is 7.11 Å². The van der Waals surface area contributed by atoms with Gasteiger partial charge in [-0.3, -0.25) is 0 Å². The largest absolute Gasteiger partial charge is 0.352 e. The van der Waals surface area contributed by atoms with Gasteiger partial charge in [0.05, 0.1) is 18.5 Å². The summed E-state index contributed by atoms with van der Waals surface area (Å²) in [6, 6.07) is 0. The van der Waals surface area contributed by atoms with E-state index in [1.165, 1.54) is 140 Å². The first-order valence-corrected chi connectivity index (χ1v) is 17.2. The monoisotopic (exact) mass is 473 g/mol. The summed E-state index contributed by atoms with van der Waals surface area (Å²) in [6.07, 6.45) is 31.1. The standard InChI is InChI=1S/C29H62O2P/c1-6-10-13-16-19-22-25-32(28-29(30-5)31-9-4,26-23-20-17-14-11-7-2)27-24-21-18-15-12-8-3/h29H,6-28H2,1-5H3/q+1. The fourth-order valence-corrected chi connectivity index (χ4v) is 9.78. The predicted molar refractivity (Wildman–Crippen MR) is 149 cm³/mol. The number of methoxy groups -OCH3 is 1. The van der Waals surface area contributed by atoms with Crippen LogP contribution in [0.15, 0.2) is 0 Å². The van der Waals surface area contributed by atoms with Crippen LogP contribution in [-0.2, 0) is 9.47 Å². The molecule has 0 aromatic heterocycles. The molecule has 32 heavy (non-hydrogen) atoms. The highest BCUT2D eigenvalue weighted by Crippen LogP contribution is 2.61. The van der Waals surface area contributed by atoms with Crippen LogP contribution in [0, 0.1) is 0 Å². The number of unbranched alkanes of at least 4 members (excludes halogenated alkanes) is 15. The average molecular weight is 474 g/mol. The molecule has 0 rings (SSSR count). The van der Waals surface area contributed by atoms with Gasteiger partial charge < -0.3 is 9.47 Å². The van der Waals surface area contributed by atoms with Crippen LogP contribution in [0.4, 0.5) is 0 Å². The summed E-state index contributed by atoms with van der Waals surface area (Å²) in [6.45, 7) is 9.83. The average Bonchev–Trinajstić information content (AvgIpc) is 2.80. The van der Waals surface area contributed by atoms with Crippen molar-refractivity contribution in [3.63, 3.8) is 0 Å². The van der Waals surface area contributed by atoms with Crippen molar-refractivity contribution in [3.05, 3.63) is 0 Å². The van der Waals surface area contributed by atoms with Crippen LogP contribution in [0.25, 0.3) is 0 Å². The second kappa shape index (κ2) is 24.5. The van der Waals surface area contributed by atoms with E-state index in [0.717, 1.165) is 6.61 Å². The van der Waals surface area contributed by atoms with Crippen molar-refractivity contribution < 1.29 is 9.47 Å². The third-order valence-corrected chi connectivity index (χ3v) is 12.0. The predicted octanol–water partition coefficient (Wildman–Crippen LogP) is 10.1. The summed E-state index contributed by atoms with van der Waals surface area (Å²) in [7, 11) is 0.841. The molecule has 0 fully saturated rings. The van der Waals surface area contributed by atoms with Crippen LogP contribution >= 0.6 is 7.26 Å². The Morgan fingerprint density at radius 3 is 1.16 bits per heavy atom. The molecule has 0 saturated carbocycles. The van der Waals surface area contributed by atoms with Crippen molar-refractivity contribution >= 4 is 7.26 Å². The molecular weight excluding hydrogens is 411 g/mol. The zero-order valence-corrected chi connectivity index (χ0v) is 24.0. The Labute approximate surface area is 204 Å². The Morgan fingerprint density at radius 2 is 0.844 bits per heavy atom. The van der Waals surface area contributed by atoms with Crippen LogP contribution in [-0.4, -0.2) is 44.7 Å². The third kappa shape index (κ3) is 18.7. The van der Waals surface area contributed by atoms with E-state index < -0.39 is 7.26 Å². The molecule has 0 aliphatic rings. The summed E-state index contributed by atoms with van der Waals surface area (Å²) < 4.78 is 11.9. The lowest BCUT2D eigenvalue weighted by Gasteiger charge is -2.31. The van der Waals surface area contributed by atoms with Crippen molar-refractivity contribution in [3.8, 4) is 0 Å². The van der Waals surface area contributed by atoms with Gasteiger partial charge in [0.2, 0.25) is 0 Å². The lowest BCUT2D eigenvalue weighted by molar-refractivity contribution is -0.104. The van der Waals surface area contributed by atoms with Crippen LogP contribution < -0.4 is 0 Å². The van der Waals surface area contributed by atoms with Crippen LogP contribution in [0.2, 0.25) is 0 Å². The highest BCUT2D eigenvalue weighted by Gasteiger charge is 2.39. The van der Waals surface area contributed by atoms with Gasteiger partial charge in [0, 0.05) is 21.0 Å². The first kappa shape index (κ1) is 32.4. The second-order valence-electron chi connectivity index (χ2n) is 10.1. The molecule has 194 valence electrons. The molecule has 0 aromatic carbocycles. The minimum atomic E-state index is -1.02. The number of rotatable bonds is 26. The molecule has 1 unspecified atom stereocenters. The highest BCUT2D eigenvalue weighted by atomic mass is 31.2. The fraction of sp³-hybridized carbons (Fsp3) is 1.00. The van der Waals surface area contributed by atoms with Crippen molar-refractivity contribution in [2.45, 2.75) is 150 Å². The Morgan fingerprint density at radius 1 is 0.500 bits per heavy atom. The second-order valence-corrected chi connectivity index (χ2v) is 14.5. The number of ether oxygens (including phenoxy) is 2. The zero-order valence-electron chi connectivity index (χ0n) is 23.1. The van der Waals surface area contributed by atoms with Gasteiger partial charge in [0.1, 0.15) is 6.16 Å². The van der Waals surface area contributed by atoms with Crippen molar-refractivity contribution in [2.24, 2.45) is 0 Å². The van der Waals surface area contributed by atoms with Gasteiger partial charge in [-0.15, -0.1) is 0 Å². The summed E-state index contributed by atoms with van der Waals surface area (Å²) >= 11 is 0. The summed E-state index contributed by atoms with van der Waals surface area (Å²) in [4.78, 5) is 0. The maximum atomic E-state index is 6.03. The Balaban J connectivity index is 4.95. The van der Waals surface area contributed by atoms with Gasteiger partial charge in [-0.25, -0.2) is 0 Å². The van der Waals surface area contributed by atoms with E-state index in [9.17, 15) is 0 Å². The molecule has 0 aromatic rings. The molecule has 2 nitrogen and oxygen atoms in total. The highest BCUT2D eigenvalue weighted by molar-refractivity contribution is 7.75. The topological polar surface area (TPSA) is 18.5 Å². The molecule has 0 spiro atoms. The van der Waals surface area contributed by atoms with Crippen molar-refractivity contribution in [1.29, 1.82) is 0 Å². The molecule has 0 amide bonds. The van der Waals surface area contributed by atoms with Crippen molar-refractivity contribution in [1.82, 2.24) is 0 Å². The normalized spacial score (nSPS) is 13.0. The van der Waals surface area contributed by atoms with E-state index in [4.69, 9.17) is 9.47 Å². The smallest absolute Gasteiger partial charge is 0.190 e. The Hall–Kier alpha value is 0.350. The van der Waals surface area contributed by atoms with Gasteiger partial charge in [-0.05, 0) is 45.4 Å². The molecular formula is C29H62O2P+. The summed E-state index contributed by atoms with van der Waals surface area (Å²) in [5.74, 6) is 0. The first-order valence-electron chi connectivity index (χ1n) is 14.7. The van der Waals surface area contributed by atoms with Gasteiger partial charge in [-0.2, -0.15) is 0 Å². The molecule has 0 saturated heterocycles. The van der Waals surface area contributed by atoms with Gasteiger partial charge in [-0.1, -0.05) is 97.8 Å². The van der Waals surface area contributed by atoms with Crippen LogP contribution in [0.3, 0.4) is 0 Å². The number of hydrogen-bond donors (Lipinski definition) is 0. The molecule has 1 atom stereocenters. The number of hydrogen-bond acceptors (Lipinski definition) is 2. The van der Waals surface area contributed by atoms with E-state index in [2.05, 4.69) is 27.7 Å². The van der Waals surface area contributed by atoms with Gasteiger partial charge in [0.25, 0.3) is 0 Å². The van der Waals surface area contributed by atoms with E-state index in [0.29, 0.717) is 0 Å². The lowest BCUT2D eigenvalue weighted by Crippen LogP contribution is -2.26. The minimum absolute atomic E-state index is 0.0219. The first-order chi connectivity index (χ1) is 15.7. The van der Waals surface area contributed by atoms with Crippen molar-refractivity contribution in [2.75, 3.05) is 38.4 Å². The molecule has 0 N–H and O–H groups in total. The fourth-order valence-electron chi connectivity index (χ4n) is 4.99. The molecule has 0 heterocycles. The molecule has 0 bridgehead atoms. The summed E-state index contributed by atoms with van der Waals surface area (Å²) in [5.41, 5.74) is 0. The maximum absolute atomic E-state index is 6.03. The quantitative estimate of drug-likeness (QED) is 0.0706. The lowest BCUT2D eigenvalue weighted by atomic mass is 10.1. The van der Waals surface area contributed by atoms with Crippen LogP contribution in [0.1, 0.15) is 143 Å².